The lowest BCUT2D eigenvalue weighted by Gasteiger charge is -2.32. The summed E-state index contributed by atoms with van der Waals surface area (Å²) in [6.07, 6.45) is 9.98. The number of likely N-dealkylation sites (tertiary alicyclic amines) is 1. The summed E-state index contributed by atoms with van der Waals surface area (Å²) >= 11 is 0. The Hall–Kier alpha value is -3.06. The van der Waals surface area contributed by atoms with Gasteiger partial charge in [0.1, 0.15) is 0 Å². The summed E-state index contributed by atoms with van der Waals surface area (Å²) in [5.41, 5.74) is 8.58. The second kappa shape index (κ2) is 16.4. The zero-order chi connectivity index (χ0) is 28.9. The minimum absolute atomic E-state index is 0.507. The maximum Gasteiger partial charge on any atom is 0.0998 e. The van der Waals surface area contributed by atoms with E-state index >= 15 is 0 Å². The molecule has 3 heterocycles. The van der Waals surface area contributed by atoms with Crippen molar-refractivity contribution in [2.45, 2.75) is 78.3 Å². The van der Waals surface area contributed by atoms with E-state index in [4.69, 9.17) is 10.1 Å². The highest BCUT2D eigenvalue weighted by Gasteiger charge is 2.24. The van der Waals surface area contributed by atoms with Crippen molar-refractivity contribution in [3.05, 3.63) is 83.1 Å². The number of allylic oxidation sites excluding steroid dienone is 2. The molecule has 6 heteroatoms. The number of H-pyrrole nitrogens is 1. The Kier molecular flexibility index (Phi) is 12.4. The van der Waals surface area contributed by atoms with Gasteiger partial charge in [-0.15, -0.1) is 0 Å². The lowest BCUT2D eigenvalue weighted by atomic mass is 9.88. The number of aromatic nitrogens is 2. The molecule has 0 saturated carbocycles. The summed E-state index contributed by atoms with van der Waals surface area (Å²) < 4.78 is 0. The van der Waals surface area contributed by atoms with Gasteiger partial charge >= 0.3 is 0 Å². The zero-order valence-corrected chi connectivity index (χ0v) is 25.6. The first-order valence-electron chi connectivity index (χ1n) is 15.6. The van der Waals surface area contributed by atoms with Crippen molar-refractivity contribution in [2.24, 2.45) is 4.99 Å². The van der Waals surface area contributed by atoms with E-state index in [2.05, 4.69) is 109 Å². The quantitative estimate of drug-likeness (QED) is 0.250. The Morgan fingerprint density at radius 1 is 1.00 bits per heavy atom. The summed E-state index contributed by atoms with van der Waals surface area (Å²) in [7, 11) is 0. The number of benzene rings is 2. The van der Waals surface area contributed by atoms with Crippen LogP contribution in [0.5, 0.6) is 0 Å². The Bertz CT molecular complexity index is 1210. The van der Waals surface area contributed by atoms with E-state index in [0.29, 0.717) is 18.6 Å². The molecule has 2 aromatic carbocycles. The number of aromatic amines is 1. The van der Waals surface area contributed by atoms with Crippen LogP contribution in [-0.4, -0.2) is 60.2 Å². The highest BCUT2D eigenvalue weighted by molar-refractivity contribution is 5.89. The molecule has 5 rings (SSSR count). The number of hydrogen-bond acceptors (Lipinski definition) is 5. The minimum atomic E-state index is 0.507. The largest absolute Gasteiger partial charge is 0.317 e. The van der Waals surface area contributed by atoms with Crippen LogP contribution < -0.4 is 10.6 Å². The monoisotopic (exact) mass is 554 g/mol. The van der Waals surface area contributed by atoms with Crippen LogP contribution in [0.3, 0.4) is 0 Å². The molecule has 2 aliphatic heterocycles. The number of hydrogen-bond donors (Lipinski definition) is 3. The molecule has 0 bridgehead atoms. The number of nitrogens with zero attached hydrogens (tertiary/aromatic N) is 3. The third kappa shape index (κ3) is 9.22. The average Bonchev–Trinajstić information content (AvgIpc) is 3.45. The van der Waals surface area contributed by atoms with Crippen LogP contribution in [0.4, 0.5) is 0 Å². The molecule has 0 unspecified atom stereocenters. The van der Waals surface area contributed by atoms with Crippen LogP contribution in [0.25, 0.3) is 16.8 Å². The van der Waals surface area contributed by atoms with Gasteiger partial charge in [0, 0.05) is 41.5 Å². The second-order valence-electron chi connectivity index (χ2n) is 11.5. The number of aliphatic imine (C=N–C) groups is 1. The van der Waals surface area contributed by atoms with Crippen LogP contribution in [0, 0.1) is 6.92 Å². The second-order valence-corrected chi connectivity index (χ2v) is 11.5. The minimum Gasteiger partial charge on any atom is -0.317 e. The molecule has 0 amide bonds. The Morgan fingerprint density at radius 2 is 1.68 bits per heavy atom. The van der Waals surface area contributed by atoms with E-state index < -0.39 is 0 Å². The number of nitrogens with one attached hydrogen (secondary N) is 3. The Morgan fingerprint density at radius 3 is 2.37 bits per heavy atom. The predicted molar refractivity (Wildman–Crippen MR) is 174 cm³/mol. The van der Waals surface area contributed by atoms with Crippen molar-refractivity contribution in [1.29, 1.82) is 0 Å². The molecule has 3 N–H and O–H groups in total. The van der Waals surface area contributed by atoms with Crippen molar-refractivity contribution in [1.82, 2.24) is 25.7 Å². The van der Waals surface area contributed by atoms with Crippen LogP contribution in [-0.2, 0) is 6.54 Å². The SMILES string of the molecule is C/C(=C\C=N/CNC1CCN(Cc2ccccc2)CC1)c1c(-c2ccc(C)cc2)n[nH]c1C1CCNCC1.CCC. The number of rotatable bonds is 9. The molecule has 0 spiro atoms. The molecule has 2 fully saturated rings. The van der Waals surface area contributed by atoms with Crippen LogP contribution in [0.1, 0.15) is 81.2 Å². The molecule has 220 valence electrons. The molecule has 3 aromatic rings. The fraction of sp³-hybridized carbons (Fsp3) is 0.486. The van der Waals surface area contributed by atoms with Gasteiger partial charge in [-0.2, -0.15) is 5.10 Å². The highest BCUT2D eigenvalue weighted by Crippen LogP contribution is 2.36. The van der Waals surface area contributed by atoms with Crippen LogP contribution in [0.15, 0.2) is 65.7 Å². The number of aryl methyl sites for hydroxylation is 1. The van der Waals surface area contributed by atoms with E-state index in [9.17, 15) is 0 Å². The average molecular weight is 555 g/mol. The highest BCUT2D eigenvalue weighted by atomic mass is 15.1. The number of piperidine rings is 2. The van der Waals surface area contributed by atoms with Gasteiger partial charge in [0.25, 0.3) is 0 Å². The summed E-state index contributed by atoms with van der Waals surface area (Å²) in [5, 5.41) is 15.4. The van der Waals surface area contributed by atoms with E-state index in [-0.39, 0.29) is 0 Å². The molecule has 41 heavy (non-hydrogen) atoms. The van der Waals surface area contributed by atoms with Crippen molar-refractivity contribution >= 4 is 11.8 Å². The summed E-state index contributed by atoms with van der Waals surface area (Å²) in [6.45, 7) is 14.7. The summed E-state index contributed by atoms with van der Waals surface area (Å²) in [4.78, 5) is 7.25. The van der Waals surface area contributed by atoms with Gasteiger partial charge < -0.3 is 5.32 Å². The Labute approximate surface area is 247 Å². The first-order valence-corrected chi connectivity index (χ1v) is 15.6. The zero-order valence-electron chi connectivity index (χ0n) is 25.6. The van der Waals surface area contributed by atoms with Gasteiger partial charge in [-0.25, -0.2) is 0 Å². The fourth-order valence-electron chi connectivity index (χ4n) is 5.70. The molecule has 2 saturated heterocycles. The van der Waals surface area contributed by atoms with Crippen molar-refractivity contribution in [3.63, 3.8) is 0 Å². The van der Waals surface area contributed by atoms with Gasteiger partial charge in [-0.3, -0.25) is 20.3 Å². The lowest BCUT2D eigenvalue weighted by Crippen LogP contribution is -2.42. The van der Waals surface area contributed by atoms with Crippen LogP contribution in [0.2, 0.25) is 0 Å². The molecule has 0 radical (unpaired) electrons. The van der Waals surface area contributed by atoms with Crippen LogP contribution >= 0.6 is 0 Å². The normalized spacial score (nSPS) is 17.5. The molecule has 0 aliphatic carbocycles. The maximum absolute atomic E-state index is 4.80. The first-order chi connectivity index (χ1) is 20.1. The summed E-state index contributed by atoms with van der Waals surface area (Å²) in [6, 6.07) is 20.0. The standard InChI is InChI=1S/C32H42N6.C3H8/c1-24-8-10-27(11-9-24)31-30(32(37-36-31)28-13-18-33-19-14-28)25(2)12-17-34-23-35-29-15-20-38(21-16-29)22-26-6-4-3-5-7-26;1-3-2/h3-12,17,28-29,33,35H,13-16,18-23H2,1-2H3,(H,36,37);3H2,1-2H3/b25-12+,34-17-;. The molecule has 6 nitrogen and oxygen atoms in total. The van der Waals surface area contributed by atoms with E-state index in [1.54, 1.807) is 0 Å². The molecular formula is C35H50N6. The molecular weight excluding hydrogens is 504 g/mol. The Balaban J connectivity index is 0.00000124. The van der Waals surface area contributed by atoms with Crippen molar-refractivity contribution in [2.75, 3.05) is 32.8 Å². The lowest BCUT2D eigenvalue weighted by molar-refractivity contribution is 0.191. The van der Waals surface area contributed by atoms with E-state index in [1.165, 1.54) is 47.2 Å². The molecule has 2 aliphatic rings. The smallest absolute Gasteiger partial charge is 0.0998 e. The van der Waals surface area contributed by atoms with Gasteiger partial charge in [0.15, 0.2) is 0 Å². The van der Waals surface area contributed by atoms with Gasteiger partial charge in [-0.1, -0.05) is 80.4 Å². The predicted octanol–water partition coefficient (Wildman–Crippen LogP) is 6.95. The van der Waals surface area contributed by atoms with Crippen molar-refractivity contribution in [3.8, 4) is 11.3 Å². The van der Waals surface area contributed by atoms with Crippen molar-refractivity contribution < 1.29 is 0 Å². The fourth-order valence-corrected chi connectivity index (χ4v) is 5.70. The summed E-state index contributed by atoms with van der Waals surface area (Å²) in [5.74, 6) is 0.507. The maximum atomic E-state index is 4.80. The topological polar surface area (TPSA) is 68.3 Å². The third-order valence-electron chi connectivity index (χ3n) is 8.00. The van der Waals surface area contributed by atoms with E-state index in [0.717, 1.165) is 56.8 Å². The van der Waals surface area contributed by atoms with Gasteiger partial charge in [0.05, 0.1) is 12.4 Å². The third-order valence-corrected chi connectivity index (χ3v) is 8.00. The van der Waals surface area contributed by atoms with Gasteiger partial charge in [-0.05, 0) is 82.9 Å². The van der Waals surface area contributed by atoms with Gasteiger partial charge in [0.2, 0.25) is 0 Å². The van der Waals surface area contributed by atoms with E-state index in [1.807, 2.05) is 6.21 Å². The molecule has 0 atom stereocenters. The first kappa shape index (κ1) is 30.9. The molecule has 1 aromatic heterocycles.